The molecule has 3 nitrogen and oxygen atoms in total. The van der Waals surface area contributed by atoms with Gasteiger partial charge in [0, 0.05) is 26.3 Å². The highest BCUT2D eigenvalue weighted by atomic mass is 79.9. The predicted molar refractivity (Wildman–Crippen MR) is 79.9 cm³/mol. The Balaban J connectivity index is 2.12. The van der Waals surface area contributed by atoms with E-state index in [2.05, 4.69) is 20.9 Å². The Kier molecular flexibility index (Phi) is 4.85. The first-order chi connectivity index (χ1) is 9.06. The number of halogens is 2. The molecule has 0 fully saturated rings. The van der Waals surface area contributed by atoms with Crippen LogP contribution >= 0.6 is 39.3 Å². The summed E-state index contributed by atoms with van der Waals surface area (Å²) in [5.74, 6) is -0.309. The number of hydrogen-bond acceptors (Lipinski definition) is 3. The zero-order chi connectivity index (χ0) is 13.8. The molecule has 1 heterocycles. The average Bonchev–Trinajstić information content (AvgIpc) is 2.37. The summed E-state index contributed by atoms with van der Waals surface area (Å²) >= 11 is 10.6. The van der Waals surface area contributed by atoms with Gasteiger partial charge >= 0.3 is 5.97 Å². The van der Waals surface area contributed by atoms with E-state index < -0.39 is 5.97 Å². The molecule has 0 unspecified atom stereocenters. The molecular formula is C13H9BrClNO2S. The van der Waals surface area contributed by atoms with Crippen molar-refractivity contribution in [1.82, 2.24) is 4.98 Å². The number of nitrogens with zero attached hydrogens (tertiary/aromatic N) is 1. The molecule has 2 rings (SSSR count). The first kappa shape index (κ1) is 14.4. The predicted octanol–water partition coefficient (Wildman–Crippen LogP) is 4.49. The van der Waals surface area contributed by atoms with Gasteiger partial charge in [-0.15, -0.1) is 11.8 Å². The van der Waals surface area contributed by atoms with Crippen LogP contribution in [0, 0.1) is 0 Å². The molecule has 0 atom stereocenters. The Morgan fingerprint density at radius 3 is 2.84 bits per heavy atom. The molecule has 0 spiro atoms. The van der Waals surface area contributed by atoms with Gasteiger partial charge < -0.3 is 5.11 Å². The number of aromatic carboxylic acids is 1. The lowest BCUT2D eigenvalue weighted by Gasteiger charge is -2.04. The van der Waals surface area contributed by atoms with Gasteiger partial charge in [0.25, 0.3) is 0 Å². The minimum atomic E-state index is -0.949. The molecule has 0 aliphatic heterocycles. The monoisotopic (exact) mass is 357 g/mol. The molecule has 0 aliphatic rings. The molecule has 19 heavy (non-hydrogen) atoms. The lowest BCUT2D eigenvalue weighted by molar-refractivity contribution is 0.0695. The van der Waals surface area contributed by atoms with Crippen LogP contribution < -0.4 is 0 Å². The summed E-state index contributed by atoms with van der Waals surface area (Å²) in [6.45, 7) is 0. The molecule has 0 amide bonds. The first-order valence-electron chi connectivity index (χ1n) is 5.32. The number of benzene rings is 1. The van der Waals surface area contributed by atoms with Gasteiger partial charge in [-0.25, -0.2) is 4.79 Å². The van der Waals surface area contributed by atoms with Crippen LogP contribution in [0.5, 0.6) is 0 Å². The van der Waals surface area contributed by atoms with Gasteiger partial charge in [0.2, 0.25) is 0 Å². The van der Waals surface area contributed by atoms with Crippen molar-refractivity contribution in [3.63, 3.8) is 0 Å². The highest BCUT2D eigenvalue weighted by molar-refractivity contribution is 9.10. The largest absolute Gasteiger partial charge is 0.478 e. The van der Waals surface area contributed by atoms with Crippen LogP contribution in [0.1, 0.15) is 16.1 Å². The third kappa shape index (κ3) is 3.96. The molecule has 2 aromatic rings. The molecule has 1 N–H and O–H groups in total. The van der Waals surface area contributed by atoms with Crippen molar-refractivity contribution in [3.8, 4) is 0 Å². The standard InChI is InChI=1S/C13H9BrClNO2S/c14-12-2-1-10(6-11(12)13(17)18)19-7-9-5-8(15)3-4-16-9/h1-6H,7H2,(H,17,18). The maximum atomic E-state index is 11.0. The van der Waals surface area contributed by atoms with Gasteiger partial charge in [0.1, 0.15) is 0 Å². The van der Waals surface area contributed by atoms with E-state index >= 15 is 0 Å². The second kappa shape index (κ2) is 6.41. The van der Waals surface area contributed by atoms with Crippen LogP contribution in [0.15, 0.2) is 45.9 Å². The summed E-state index contributed by atoms with van der Waals surface area (Å²) in [5.41, 5.74) is 1.11. The van der Waals surface area contributed by atoms with Crippen molar-refractivity contribution in [1.29, 1.82) is 0 Å². The summed E-state index contributed by atoms with van der Waals surface area (Å²) in [6, 6.07) is 8.76. The molecule has 0 bridgehead atoms. The van der Waals surface area contributed by atoms with Gasteiger partial charge in [0.15, 0.2) is 0 Å². The summed E-state index contributed by atoms with van der Waals surface area (Å²) in [4.78, 5) is 16.1. The van der Waals surface area contributed by atoms with Crippen LogP contribution in [0.4, 0.5) is 0 Å². The van der Waals surface area contributed by atoms with Crippen molar-refractivity contribution in [2.24, 2.45) is 0 Å². The minimum Gasteiger partial charge on any atom is -0.478 e. The van der Waals surface area contributed by atoms with E-state index in [1.54, 1.807) is 30.5 Å². The van der Waals surface area contributed by atoms with E-state index in [-0.39, 0.29) is 5.56 Å². The van der Waals surface area contributed by atoms with Crippen molar-refractivity contribution in [3.05, 3.63) is 57.3 Å². The number of rotatable bonds is 4. The zero-order valence-electron chi connectivity index (χ0n) is 9.64. The number of thioether (sulfide) groups is 1. The normalized spacial score (nSPS) is 10.4. The highest BCUT2D eigenvalue weighted by Gasteiger charge is 2.09. The average molecular weight is 359 g/mol. The SMILES string of the molecule is O=C(O)c1cc(SCc2cc(Cl)ccn2)ccc1Br. The minimum absolute atomic E-state index is 0.254. The van der Waals surface area contributed by atoms with Crippen LogP contribution in [-0.4, -0.2) is 16.1 Å². The third-order valence-electron chi connectivity index (χ3n) is 2.33. The molecule has 6 heteroatoms. The summed E-state index contributed by atoms with van der Waals surface area (Å²) in [7, 11) is 0. The van der Waals surface area contributed by atoms with E-state index in [0.717, 1.165) is 10.6 Å². The molecule has 0 radical (unpaired) electrons. The Bertz CT molecular complexity index is 621. The molecular weight excluding hydrogens is 350 g/mol. The second-order valence-corrected chi connectivity index (χ2v) is 6.04. The van der Waals surface area contributed by atoms with Crippen LogP contribution in [0.3, 0.4) is 0 Å². The Hall–Kier alpha value is -1.04. The van der Waals surface area contributed by atoms with Crippen molar-refractivity contribution < 1.29 is 9.90 Å². The van der Waals surface area contributed by atoms with Crippen LogP contribution in [0.25, 0.3) is 0 Å². The van der Waals surface area contributed by atoms with E-state index in [9.17, 15) is 4.79 Å². The molecule has 98 valence electrons. The second-order valence-electron chi connectivity index (χ2n) is 3.70. The Labute approximate surface area is 128 Å². The topological polar surface area (TPSA) is 50.2 Å². The van der Waals surface area contributed by atoms with E-state index in [1.807, 2.05) is 6.07 Å². The Morgan fingerprint density at radius 2 is 2.16 bits per heavy atom. The van der Waals surface area contributed by atoms with E-state index in [1.165, 1.54) is 11.8 Å². The first-order valence-corrected chi connectivity index (χ1v) is 7.48. The molecule has 0 aliphatic carbocycles. The van der Waals surface area contributed by atoms with Gasteiger partial charge in [-0.1, -0.05) is 11.6 Å². The van der Waals surface area contributed by atoms with Gasteiger partial charge in [0.05, 0.1) is 11.3 Å². The third-order valence-corrected chi connectivity index (χ3v) is 4.29. The van der Waals surface area contributed by atoms with Crippen LogP contribution in [-0.2, 0) is 5.75 Å². The van der Waals surface area contributed by atoms with E-state index in [4.69, 9.17) is 16.7 Å². The summed E-state index contributed by atoms with van der Waals surface area (Å²) in [6.07, 6.45) is 1.66. The summed E-state index contributed by atoms with van der Waals surface area (Å²) < 4.78 is 0.574. The van der Waals surface area contributed by atoms with Gasteiger partial charge in [-0.05, 0) is 46.3 Å². The number of pyridine rings is 1. The molecule has 0 saturated heterocycles. The number of hydrogen-bond donors (Lipinski definition) is 1. The maximum Gasteiger partial charge on any atom is 0.336 e. The van der Waals surface area contributed by atoms with E-state index in [0.29, 0.717) is 15.2 Å². The molecule has 1 aromatic heterocycles. The van der Waals surface area contributed by atoms with Crippen molar-refractivity contribution >= 4 is 45.3 Å². The maximum absolute atomic E-state index is 11.0. The summed E-state index contributed by atoms with van der Waals surface area (Å²) in [5, 5.41) is 9.69. The lowest BCUT2D eigenvalue weighted by atomic mass is 10.2. The smallest absolute Gasteiger partial charge is 0.336 e. The highest BCUT2D eigenvalue weighted by Crippen LogP contribution is 2.27. The number of carbonyl (C=O) groups is 1. The number of aromatic nitrogens is 1. The number of carboxylic acids is 1. The zero-order valence-corrected chi connectivity index (χ0v) is 12.8. The van der Waals surface area contributed by atoms with Gasteiger partial charge in [-0.3, -0.25) is 4.98 Å². The van der Waals surface area contributed by atoms with Crippen LogP contribution in [0.2, 0.25) is 5.02 Å². The van der Waals surface area contributed by atoms with Gasteiger partial charge in [-0.2, -0.15) is 0 Å². The lowest BCUT2D eigenvalue weighted by Crippen LogP contribution is -1.97. The fourth-order valence-electron chi connectivity index (χ4n) is 1.44. The fourth-order valence-corrected chi connectivity index (χ4v) is 2.88. The Morgan fingerprint density at radius 1 is 1.37 bits per heavy atom. The molecule has 1 aromatic carbocycles. The molecule has 0 saturated carbocycles. The fraction of sp³-hybridized carbons (Fsp3) is 0.0769. The number of carboxylic acid groups (broad SMARTS) is 1. The van der Waals surface area contributed by atoms with Crippen molar-refractivity contribution in [2.75, 3.05) is 0 Å². The van der Waals surface area contributed by atoms with Crippen molar-refractivity contribution in [2.45, 2.75) is 10.6 Å². The quantitative estimate of drug-likeness (QED) is 0.818.